The Kier molecular flexibility index (Phi) is 6.61. The molecule has 0 aromatic carbocycles. The number of ether oxygens (including phenoxy) is 2. The Morgan fingerprint density at radius 1 is 1.28 bits per heavy atom. The third-order valence-electron chi connectivity index (χ3n) is 4.74. The van der Waals surface area contributed by atoms with Crippen molar-refractivity contribution in [1.29, 1.82) is 0 Å². The fraction of sp³-hybridized carbons (Fsp3) is 0.611. The first-order chi connectivity index (χ1) is 12.0. The Balaban J connectivity index is 2.14. The standard InChI is InChI=1S/C18H26N2O5/c1-20-11-16(24-2)15(21)10-14(20)17(22)19-13(18(23)25-3)9-12-7-5-4-6-8-12/h10-13H,4-9H2,1-3H3,(H,19,22)/t13-/m1/s1. The topological polar surface area (TPSA) is 86.6 Å². The lowest BCUT2D eigenvalue weighted by atomic mass is 9.85. The number of pyridine rings is 1. The summed E-state index contributed by atoms with van der Waals surface area (Å²) < 4.78 is 11.3. The van der Waals surface area contributed by atoms with E-state index < -0.39 is 17.9 Å². The number of rotatable bonds is 6. The van der Waals surface area contributed by atoms with E-state index in [2.05, 4.69) is 5.32 Å². The van der Waals surface area contributed by atoms with Crippen molar-refractivity contribution in [3.8, 4) is 5.75 Å². The van der Waals surface area contributed by atoms with Crippen LogP contribution in [0.4, 0.5) is 0 Å². The summed E-state index contributed by atoms with van der Waals surface area (Å²) in [4.78, 5) is 36.6. The highest BCUT2D eigenvalue weighted by Crippen LogP contribution is 2.27. The predicted molar refractivity (Wildman–Crippen MR) is 92.7 cm³/mol. The van der Waals surface area contributed by atoms with Crippen LogP contribution in [-0.2, 0) is 16.6 Å². The van der Waals surface area contributed by atoms with E-state index in [1.807, 2.05) is 0 Å². The average molecular weight is 350 g/mol. The van der Waals surface area contributed by atoms with Crippen LogP contribution in [-0.4, -0.2) is 36.7 Å². The summed E-state index contributed by atoms with van der Waals surface area (Å²) in [6.07, 6.45) is 7.65. The van der Waals surface area contributed by atoms with Crippen LogP contribution in [0.5, 0.6) is 5.75 Å². The van der Waals surface area contributed by atoms with E-state index in [0.717, 1.165) is 25.7 Å². The van der Waals surface area contributed by atoms with Crippen molar-refractivity contribution >= 4 is 11.9 Å². The number of carbonyl (C=O) groups is 2. The van der Waals surface area contributed by atoms with Crippen LogP contribution in [0.25, 0.3) is 0 Å². The molecule has 0 bridgehead atoms. The van der Waals surface area contributed by atoms with Crippen LogP contribution in [0.3, 0.4) is 0 Å². The van der Waals surface area contributed by atoms with Gasteiger partial charge < -0.3 is 19.4 Å². The van der Waals surface area contributed by atoms with Crippen LogP contribution in [0.2, 0.25) is 0 Å². The first kappa shape index (κ1) is 19.0. The van der Waals surface area contributed by atoms with Crippen molar-refractivity contribution < 1.29 is 19.1 Å². The number of amides is 1. The predicted octanol–water partition coefficient (Wildman–Crippen LogP) is 1.64. The summed E-state index contributed by atoms with van der Waals surface area (Å²) in [5, 5.41) is 2.72. The molecule has 1 N–H and O–H groups in total. The highest BCUT2D eigenvalue weighted by molar-refractivity contribution is 5.95. The lowest BCUT2D eigenvalue weighted by Gasteiger charge is -2.26. The fourth-order valence-electron chi connectivity index (χ4n) is 3.33. The molecule has 0 unspecified atom stereocenters. The summed E-state index contributed by atoms with van der Waals surface area (Å²) in [7, 11) is 4.35. The summed E-state index contributed by atoms with van der Waals surface area (Å²) in [6, 6.07) is 0.501. The van der Waals surface area contributed by atoms with Crippen LogP contribution in [0, 0.1) is 5.92 Å². The van der Waals surface area contributed by atoms with E-state index in [9.17, 15) is 14.4 Å². The van der Waals surface area contributed by atoms with E-state index in [1.165, 1.54) is 37.5 Å². The quantitative estimate of drug-likeness (QED) is 0.788. The Morgan fingerprint density at radius 3 is 2.56 bits per heavy atom. The maximum absolute atomic E-state index is 12.6. The number of nitrogens with zero attached hydrogens (tertiary/aromatic N) is 1. The molecule has 7 heteroatoms. The number of carbonyl (C=O) groups excluding carboxylic acids is 2. The number of hydrogen-bond donors (Lipinski definition) is 1. The molecule has 1 amide bonds. The zero-order valence-corrected chi connectivity index (χ0v) is 15.0. The molecule has 0 aliphatic heterocycles. The van der Waals surface area contributed by atoms with Crippen molar-refractivity contribution in [3.63, 3.8) is 0 Å². The van der Waals surface area contributed by atoms with Gasteiger partial charge in [-0.15, -0.1) is 0 Å². The smallest absolute Gasteiger partial charge is 0.328 e. The van der Waals surface area contributed by atoms with Gasteiger partial charge in [0.15, 0.2) is 5.75 Å². The lowest BCUT2D eigenvalue weighted by molar-refractivity contribution is -0.143. The highest BCUT2D eigenvalue weighted by Gasteiger charge is 2.27. The maximum Gasteiger partial charge on any atom is 0.328 e. The normalized spacial score (nSPS) is 16.1. The molecular formula is C18H26N2O5. The second kappa shape index (κ2) is 8.69. The van der Waals surface area contributed by atoms with Crippen LogP contribution in [0.1, 0.15) is 49.0 Å². The summed E-state index contributed by atoms with van der Waals surface area (Å²) in [5.74, 6) is -0.380. The van der Waals surface area contributed by atoms with E-state index in [4.69, 9.17) is 9.47 Å². The van der Waals surface area contributed by atoms with Crippen LogP contribution < -0.4 is 15.5 Å². The van der Waals surface area contributed by atoms with Crippen molar-refractivity contribution in [2.45, 2.75) is 44.6 Å². The molecule has 0 saturated heterocycles. The number of esters is 1. The Hall–Kier alpha value is -2.31. The number of nitrogens with one attached hydrogen (secondary N) is 1. The molecule has 1 aromatic heterocycles. The molecule has 1 atom stereocenters. The molecule has 138 valence electrons. The van der Waals surface area contributed by atoms with Gasteiger partial charge in [0.2, 0.25) is 5.43 Å². The maximum atomic E-state index is 12.6. The minimum atomic E-state index is -0.710. The van der Waals surface area contributed by atoms with E-state index in [1.54, 1.807) is 7.05 Å². The molecule has 1 aromatic rings. The number of hydrogen-bond acceptors (Lipinski definition) is 5. The second-order valence-electron chi connectivity index (χ2n) is 6.49. The zero-order valence-electron chi connectivity index (χ0n) is 15.0. The largest absolute Gasteiger partial charge is 0.491 e. The zero-order chi connectivity index (χ0) is 18.4. The van der Waals surface area contributed by atoms with Gasteiger partial charge in [-0.05, 0) is 12.3 Å². The Morgan fingerprint density at radius 2 is 1.96 bits per heavy atom. The van der Waals surface area contributed by atoms with Gasteiger partial charge in [-0.1, -0.05) is 32.1 Å². The molecule has 25 heavy (non-hydrogen) atoms. The molecule has 1 aliphatic rings. The molecule has 1 aliphatic carbocycles. The third-order valence-corrected chi connectivity index (χ3v) is 4.74. The van der Waals surface area contributed by atoms with Crippen molar-refractivity contribution in [2.24, 2.45) is 13.0 Å². The van der Waals surface area contributed by atoms with Crippen LogP contribution >= 0.6 is 0 Å². The molecular weight excluding hydrogens is 324 g/mol. The molecule has 1 saturated carbocycles. The molecule has 0 radical (unpaired) electrons. The number of methoxy groups -OCH3 is 2. The highest BCUT2D eigenvalue weighted by atomic mass is 16.5. The van der Waals surface area contributed by atoms with Crippen molar-refractivity contribution in [1.82, 2.24) is 9.88 Å². The Labute approximate surface area is 147 Å². The number of aromatic nitrogens is 1. The van der Waals surface area contributed by atoms with Crippen molar-refractivity contribution in [2.75, 3.05) is 14.2 Å². The minimum Gasteiger partial charge on any atom is -0.491 e. The van der Waals surface area contributed by atoms with Crippen molar-refractivity contribution in [3.05, 3.63) is 28.2 Å². The minimum absolute atomic E-state index is 0.158. The summed E-state index contributed by atoms with van der Waals surface area (Å²) in [6.45, 7) is 0. The van der Waals surface area contributed by atoms with E-state index in [0.29, 0.717) is 12.3 Å². The summed E-state index contributed by atoms with van der Waals surface area (Å²) >= 11 is 0. The molecule has 1 fully saturated rings. The van der Waals surface area contributed by atoms with Gasteiger partial charge in [0.05, 0.1) is 20.4 Å². The SMILES string of the molecule is COC(=O)[C@@H](CC1CCCCC1)NC(=O)c1cc(=O)c(OC)cn1C. The van der Waals surface area contributed by atoms with Gasteiger partial charge in [0.25, 0.3) is 5.91 Å². The van der Waals surface area contributed by atoms with Gasteiger partial charge in [-0.3, -0.25) is 9.59 Å². The van der Waals surface area contributed by atoms with Gasteiger partial charge in [-0.25, -0.2) is 4.79 Å². The van der Waals surface area contributed by atoms with Gasteiger partial charge in [0.1, 0.15) is 11.7 Å². The summed E-state index contributed by atoms with van der Waals surface area (Å²) in [5.41, 5.74) is -0.212. The first-order valence-corrected chi connectivity index (χ1v) is 8.59. The second-order valence-corrected chi connectivity index (χ2v) is 6.49. The molecule has 0 spiro atoms. The monoisotopic (exact) mass is 350 g/mol. The van der Waals surface area contributed by atoms with Gasteiger partial charge >= 0.3 is 5.97 Å². The van der Waals surface area contributed by atoms with E-state index >= 15 is 0 Å². The number of aryl methyl sites for hydroxylation is 1. The third kappa shape index (κ3) is 4.84. The molecule has 7 nitrogen and oxygen atoms in total. The molecule has 2 rings (SSSR count). The first-order valence-electron chi connectivity index (χ1n) is 8.59. The fourth-order valence-corrected chi connectivity index (χ4v) is 3.33. The van der Waals surface area contributed by atoms with Gasteiger partial charge in [-0.2, -0.15) is 0 Å². The Bertz CT molecular complexity index is 677. The van der Waals surface area contributed by atoms with Gasteiger partial charge in [0, 0.05) is 13.1 Å². The average Bonchev–Trinajstić information content (AvgIpc) is 2.62. The molecule has 1 heterocycles. The van der Waals surface area contributed by atoms with E-state index in [-0.39, 0.29) is 16.9 Å². The van der Waals surface area contributed by atoms with Crippen LogP contribution in [0.15, 0.2) is 17.1 Å². The lowest BCUT2D eigenvalue weighted by Crippen LogP contribution is -2.44.